The minimum atomic E-state index is -3.73. The van der Waals surface area contributed by atoms with Crippen LogP contribution in [0.15, 0.2) is 68.8 Å². The molecule has 0 fully saturated rings. The highest BCUT2D eigenvalue weighted by molar-refractivity contribution is 7.93. The first kappa shape index (κ1) is 17.4. The lowest BCUT2D eigenvalue weighted by Crippen LogP contribution is -2.31. The fourth-order valence-corrected chi connectivity index (χ4v) is 5.11. The second-order valence-electron chi connectivity index (χ2n) is 5.20. The number of benzene rings is 1. The van der Waals surface area contributed by atoms with Gasteiger partial charge in [0.05, 0.1) is 6.26 Å². The van der Waals surface area contributed by atoms with Crippen molar-refractivity contribution in [2.24, 2.45) is 0 Å². The van der Waals surface area contributed by atoms with Gasteiger partial charge in [-0.1, -0.05) is 12.1 Å². The molecule has 8 heteroatoms. The van der Waals surface area contributed by atoms with E-state index in [1.165, 1.54) is 30.5 Å². The van der Waals surface area contributed by atoms with Crippen molar-refractivity contribution in [3.8, 4) is 0 Å². The van der Waals surface area contributed by atoms with Gasteiger partial charge < -0.3 is 9.73 Å². The molecule has 0 saturated carbocycles. The highest BCUT2D eigenvalue weighted by atomic mass is 32.2. The minimum absolute atomic E-state index is 0.117. The molecular formula is C17H14FNO4S2. The van der Waals surface area contributed by atoms with Crippen molar-refractivity contribution in [3.05, 3.63) is 77.3 Å². The van der Waals surface area contributed by atoms with Gasteiger partial charge in [0, 0.05) is 12.1 Å². The molecule has 1 atom stereocenters. The van der Waals surface area contributed by atoms with Gasteiger partial charge in [-0.2, -0.15) is 0 Å². The Morgan fingerprint density at radius 1 is 1.20 bits per heavy atom. The molecule has 5 nitrogen and oxygen atoms in total. The number of carbonyl (C=O) groups excluding carboxylic acids is 1. The van der Waals surface area contributed by atoms with Crippen molar-refractivity contribution < 1.29 is 22.0 Å². The number of amides is 1. The van der Waals surface area contributed by atoms with E-state index >= 15 is 0 Å². The summed E-state index contributed by atoms with van der Waals surface area (Å²) in [4.78, 5) is 12.2. The molecule has 25 heavy (non-hydrogen) atoms. The lowest BCUT2D eigenvalue weighted by Gasteiger charge is -2.15. The number of carbonyl (C=O) groups is 1. The normalized spacial score (nSPS) is 12.7. The third-order valence-electron chi connectivity index (χ3n) is 3.55. The van der Waals surface area contributed by atoms with Crippen LogP contribution < -0.4 is 5.32 Å². The molecule has 2 heterocycles. The maximum Gasteiger partial charge on any atom is 0.251 e. The van der Waals surface area contributed by atoms with Crippen LogP contribution in [0.5, 0.6) is 0 Å². The summed E-state index contributed by atoms with van der Waals surface area (Å²) in [5, 5.41) is 3.14. The molecule has 1 unspecified atom stereocenters. The molecule has 1 aromatic carbocycles. The Morgan fingerprint density at radius 3 is 2.68 bits per heavy atom. The number of thiophene rings is 1. The van der Waals surface area contributed by atoms with Gasteiger partial charge in [-0.3, -0.25) is 4.79 Å². The molecule has 0 saturated heterocycles. The molecule has 0 bridgehead atoms. The van der Waals surface area contributed by atoms with Gasteiger partial charge in [-0.15, -0.1) is 11.3 Å². The van der Waals surface area contributed by atoms with E-state index in [0.29, 0.717) is 0 Å². The quantitative estimate of drug-likeness (QED) is 0.712. The van der Waals surface area contributed by atoms with Gasteiger partial charge in [0.1, 0.15) is 21.0 Å². The van der Waals surface area contributed by atoms with E-state index in [1.54, 1.807) is 23.6 Å². The Hall–Kier alpha value is -2.45. The predicted molar refractivity (Wildman–Crippen MR) is 91.7 cm³/mol. The molecule has 1 amide bonds. The molecule has 2 aromatic heterocycles. The minimum Gasteiger partial charge on any atom is -0.468 e. The molecule has 3 aromatic rings. The van der Waals surface area contributed by atoms with E-state index in [-0.39, 0.29) is 22.1 Å². The summed E-state index contributed by atoms with van der Waals surface area (Å²) in [6.45, 7) is -0.191. The smallest absolute Gasteiger partial charge is 0.251 e. The zero-order valence-corrected chi connectivity index (χ0v) is 14.5. The van der Waals surface area contributed by atoms with Crippen LogP contribution >= 0.6 is 11.3 Å². The Kier molecular flexibility index (Phi) is 5.00. The fraction of sp³-hybridized carbons (Fsp3) is 0.118. The second kappa shape index (κ2) is 7.20. The third-order valence-corrected chi connectivity index (χ3v) is 7.04. The Labute approximate surface area is 148 Å². The van der Waals surface area contributed by atoms with E-state index < -0.39 is 26.8 Å². The van der Waals surface area contributed by atoms with E-state index in [1.807, 2.05) is 0 Å². The first-order valence-corrected chi connectivity index (χ1v) is 9.75. The van der Waals surface area contributed by atoms with Crippen LogP contribution in [0.3, 0.4) is 0 Å². The number of furan rings is 1. The summed E-state index contributed by atoms with van der Waals surface area (Å²) < 4.78 is 44.3. The Bertz CT molecular complexity index is 950. The topological polar surface area (TPSA) is 76.4 Å². The number of hydrogen-bond donors (Lipinski definition) is 1. The monoisotopic (exact) mass is 379 g/mol. The molecule has 0 aliphatic carbocycles. The molecule has 0 radical (unpaired) electrons. The van der Waals surface area contributed by atoms with Crippen LogP contribution in [-0.2, 0) is 9.84 Å². The number of hydrogen-bond acceptors (Lipinski definition) is 5. The maximum absolute atomic E-state index is 13.2. The van der Waals surface area contributed by atoms with E-state index in [2.05, 4.69) is 5.32 Å². The largest absolute Gasteiger partial charge is 0.468 e. The summed E-state index contributed by atoms with van der Waals surface area (Å²) >= 11 is 1.10. The average Bonchev–Trinajstić information content (AvgIpc) is 3.28. The van der Waals surface area contributed by atoms with Gasteiger partial charge in [-0.25, -0.2) is 12.8 Å². The van der Waals surface area contributed by atoms with E-state index in [0.717, 1.165) is 17.4 Å². The molecule has 0 spiro atoms. The first-order chi connectivity index (χ1) is 12.0. The second-order valence-corrected chi connectivity index (χ2v) is 8.51. The zero-order valence-electron chi connectivity index (χ0n) is 12.9. The molecule has 1 N–H and O–H groups in total. The fourth-order valence-electron chi connectivity index (χ4n) is 2.32. The van der Waals surface area contributed by atoms with Gasteiger partial charge in [0.15, 0.2) is 9.84 Å². The lowest BCUT2D eigenvalue weighted by molar-refractivity contribution is 0.0952. The van der Waals surface area contributed by atoms with Crippen LogP contribution in [0.25, 0.3) is 0 Å². The van der Waals surface area contributed by atoms with Gasteiger partial charge in [0.2, 0.25) is 0 Å². The van der Waals surface area contributed by atoms with Crippen molar-refractivity contribution in [2.75, 3.05) is 6.54 Å². The molecule has 0 aliphatic heterocycles. The van der Waals surface area contributed by atoms with Gasteiger partial charge >= 0.3 is 0 Å². The lowest BCUT2D eigenvalue weighted by atomic mass is 10.2. The Balaban J connectivity index is 1.83. The van der Waals surface area contributed by atoms with Crippen LogP contribution in [-0.4, -0.2) is 20.9 Å². The maximum atomic E-state index is 13.2. The number of rotatable bonds is 6. The number of halogens is 1. The summed E-state index contributed by atoms with van der Waals surface area (Å²) in [7, 11) is -3.73. The van der Waals surface area contributed by atoms with Gasteiger partial charge in [-0.05, 0) is 41.8 Å². The average molecular weight is 379 g/mol. The highest BCUT2D eigenvalue weighted by Gasteiger charge is 2.32. The predicted octanol–water partition coefficient (Wildman–Crippen LogP) is 3.43. The summed E-state index contributed by atoms with van der Waals surface area (Å²) in [5.74, 6) is -0.869. The Morgan fingerprint density at radius 2 is 2.04 bits per heavy atom. The molecule has 3 rings (SSSR count). The SMILES string of the molecule is O=C(NCC(c1ccco1)S(=O)(=O)c1cccs1)c1cccc(F)c1. The number of sulfone groups is 1. The van der Waals surface area contributed by atoms with Crippen LogP contribution in [0.4, 0.5) is 4.39 Å². The van der Waals surface area contributed by atoms with Crippen molar-refractivity contribution in [1.82, 2.24) is 5.32 Å². The zero-order chi connectivity index (χ0) is 17.9. The van der Waals surface area contributed by atoms with Crippen LogP contribution in [0.2, 0.25) is 0 Å². The van der Waals surface area contributed by atoms with Crippen LogP contribution in [0.1, 0.15) is 21.4 Å². The summed E-state index contributed by atoms with van der Waals surface area (Å²) in [6.07, 6.45) is 1.38. The third kappa shape index (κ3) is 3.80. The van der Waals surface area contributed by atoms with E-state index in [4.69, 9.17) is 4.42 Å². The van der Waals surface area contributed by atoms with Gasteiger partial charge in [0.25, 0.3) is 5.91 Å². The van der Waals surface area contributed by atoms with Crippen molar-refractivity contribution >= 4 is 27.1 Å². The molecular weight excluding hydrogens is 365 g/mol. The first-order valence-electron chi connectivity index (χ1n) is 7.33. The van der Waals surface area contributed by atoms with Crippen molar-refractivity contribution in [3.63, 3.8) is 0 Å². The summed E-state index contributed by atoms with van der Waals surface area (Å²) in [6, 6.07) is 11.5. The standard InChI is InChI=1S/C17H14FNO4S2/c18-13-5-1-4-12(10-13)17(20)19-11-15(14-6-2-8-23-14)25(21,22)16-7-3-9-24-16/h1-10,15H,11H2,(H,19,20). The van der Waals surface area contributed by atoms with Crippen molar-refractivity contribution in [2.45, 2.75) is 9.46 Å². The highest BCUT2D eigenvalue weighted by Crippen LogP contribution is 2.31. The number of nitrogens with one attached hydrogen (secondary N) is 1. The summed E-state index contributed by atoms with van der Waals surface area (Å²) in [5.41, 5.74) is 0.117. The molecule has 130 valence electrons. The van der Waals surface area contributed by atoms with E-state index in [9.17, 15) is 17.6 Å². The molecule has 0 aliphatic rings. The van der Waals surface area contributed by atoms with Crippen molar-refractivity contribution in [1.29, 1.82) is 0 Å². The van der Waals surface area contributed by atoms with Crippen LogP contribution in [0, 0.1) is 5.82 Å².